The molecule has 2 heterocycles. The van der Waals surface area contributed by atoms with Crippen molar-refractivity contribution < 1.29 is 23.1 Å². The number of aromatic nitrogens is 1. The number of phenols is 1. The van der Waals surface area contributed by atoms with E-state index in [0.717, 1.165) is 18.2 Å². The molecular formula is C29H22Cl2F3N3O3S. The van der Waals surface area contributed by atoms with Crippen LogP contribution >= 0.6 is 34.5 Å². The standard InChI is InChI=1S/C29H22Cl2F3N3O3S/c1-15(25-3-2-8-41-25)4-7-26(38)36-14-16-9-18(30)11-21(27(16)39)24-12-19(22(13-35)28(40)37-24)20-10-17(29(32,33)34)5-6-23(20)31/h2-3,5-6,8-12,15,39H,4,7,14H2,1H3,(H,36,38)(H,37,40). The molecule has 4 aromatic rings. The summed E-state index contributed by atoms with van der Waals surface area (Å²) in [5.74, 6) is -0.342. The van der Waals surface area contributed by atoms with Gasteiger partial charge in [-0.25, -0.2) is 0 Å². The highest BCUT2D eigenvalue weighted by Gasteiger charge is 2.31. The van der Waals surface area contributed by atoms with Crippen molar-refractivity contribution in [3.05, 3.63) is 95.9 Å². The van der Waals surface area contributed by atoms with Gasteiger partial charge >= 0.3 is 6.18 Å². The molecule has 0 bridgehead atoms. The maximum Gasteiger partial charge on any atom is 0.416 e. The minimum atomic E-state index is -4.69. The first-order valence-corrected chi connectivity index (χ1v) is 13.9. The van der Waals surface area contributed by atoms with Gasteiger partial charge < -0.3 is 15.4 Å². The molecule has 41 heavy (non-hydrogen) atoms. The molecule has 0 aliphatic heterocycles. The third-order valence-electron chi connectivity index (χ3n) is 6.48. The van der Waals surface area contributed by atoms with Crippen LogP contribution in [-0.4, -0.2) is 16.0 Å². The lowest BCUT2D eigenvalue weighted by atomic mass is 9.96. The molecule has 12 heteroatoms. The number of pyridine rings is 1. The van der Waals surface area contributed by atoms with Gasteiger partial charge in [-0.1, -0.05) is 36.2 Å². The molecule has 0 spiro atoms. The summed E-state index contributed by atoms with van der Waals surface area (Å²) in [5.41, 5.74) is -2.45. The predicted molar refractivity (Wildman–Crippen MR) is 153 cm³/mol. The highest BCUT2D eigenvalue weighted by Crippen LogP contribution is 2.39. The first-order valence-electron chi connectivity index (χ1n) is 12.3. The number of aromatic hydroxyl groups is 1. The number of aromatic amines is 1. The van der Waals surface area contributed by atoms with Gasteiger partial charge in [0.2, 0.25) is 5.91 Å². The van der Waals surface area contributed by atoms with Crippen molar-refractivity contribution in [1.29, 1.82) is 5.26 Å². The van der Waals surface area contributed by atoms with Crippen LogP contribution in [0.4, 0.5) is 13.2 Å². The number of carbonyl (C=O) groups is 1. The van der Waals surface area contributed by atoms with Gasteiger partial charge in [-0.15, -0.1) is 11.3 Å². The summed E-state index contributed by atoms with van der Waals surface area (Å²) in [5, 5.41) is 25.4. The summed E-state index contributed by atoms with van der Waals surface area (Å²) in [6.07, 6.45) is -3.80. The molecule has 0 aliphatic rings. The summed E-state index contributed by atoms with van der Waals surface area (Å²) in [6, 6.07) is 12.3. The first-order chi connectivity index (χ1) is 19.4. The van der Waals surface area contributed by atoms with Crippen LogP contribution in [0.25, 0.3) is 22.4 Å². The molecule has 2 aromatic heterocycles. The minimum Gasteiger partial charge on any atom is -0.507 e. The van der Waals surface area contributed by atoms with Crippen LogP contribution in [0.1, 0.15) is 47.3 Å². The van der Waals surface area contributed by atoms with Crippen LogP contribution in [0, 0.1) is 11.3 Å². The Morgan fingerprint density at radius 3 is 2.56 bits per heavy atom. The number of amides is 1. The number of H-pyrrole nitrogens is 1. The molecule has 0 radical (unpaired) electrons. The van der Waals surface area contributed by atoms with Gasteiger partial charge in [0.05, 0.1) is 11.3 Å². The summed E-state index contributed by atoms with van der Waals surface area (Å²) in [7, 11) is 0. The maximum atomic E-state index is 13.4. The number of phenolic OH excluding ortho intramolecular Hbond substituents is 1. The zero-order chi connectivity index (χ0) is 29.9. The number of hydrogen-bond donors (Lipinski definition) is 3. The van der Waals surface area contributed by atoms with Gasteiger partial charge in [-0.2, -0.15) is 18.4 Å². The van der Waals surface area contributed by atoms with E-state index in [1.807, 2.05) is 24.4 Å². The fraction of sp³-hybridized carbons (Fsp3) is 0.207. The largest absolute Gasteiger partial charge is 0.507 e. The second kappa shape index (κ2) is 12.4. The quantitative estimate of drug-likeness (QED) is 0.186. The van der Waals surface area contributed by atoms with E-state index in [0.29, 0.717) is 6.42 Å². The fourth-order valence-electron chi connectivity index (χ4n) is 4.28. The van der Waals surface area contributed by atoms with E-state index in [4.69, 9.17) is 23.2 Å². The predicted octanol–water partition coefficient (Wildman–Crippen LogP) is 7.87. The second-order valence-corrected chi connectivity index (χ2v) is 11.1. The normalized spacial score (nSPS) is 12.1. The number of hydrogen-bond acceptors (Lipinski definition) is 5. The lowest BCUT2D eigenvalue weighted by Crippen LogP contribution is -2.23. The lowest BCUT2D eigenvalue weighted by Gasteiger charge is -2.15. The Bertz CT molecular complexity index is 1700. The van der Waals surface area contributed by atoms with Gasteiger partial charge in [0.25, 0.3) is 5.56 Å². The molecule has 1 atom stereocenters. The van der Waals surface area contributed by atoms with E-state index in [1.165, 1.54) is 23.1 Å². The topological polar surface area (TPSA) is 106 Å². The van der Waals surface area contributed by atoms with E-state index >= 15 is 0 Å². The molecule has 2 aromatic carbocycles. The Kier molecular flexibility index (Phi) is 9.12. The summed E-state index contributed by atoms with van der Waals surface area (Å²) in [4.78, 5) is 29.0. The van der Waals surface area contributed by atoms with E-state index < -0.39 is 22.9 Å². The van der Waals surface area contributed by atoms with E-state index in [-0.39, 0.29) is 68.5 Å². The van der Waals surface area contributed by atoms with E-state index in [2.05, 4.69) is 10.3 Å². The maximum absolute atomic E-state index is 13.4. The minimum absolute atomic E-state index is 0.0187. The molecule has 6 nitrogen and oxygen atoms in total. The molecule has 0 fully saturated rings. The summed E-state index contributed by atoms with van der Waals surface area (Å²) >= 11 is 14.1. The lowest BCUT2D eigenvalue weighted by molar-refractivity contribution is -0.137. The van der Waals surface area contributed by atoms with Crippen LogP contribution in [0.3, 0.4) is 0 Å². The van der Waals surface area contributed by atoms with Gasteiger partial charge in [0.15, 0.2) is 0 Å². The van der Waals surface area contributed by atoms with Crippen LogP contribution < -0.4 is 10.9 Å². The average molecular weight is 620 g/mol. The van der Waals surface area contributed by atoms with Gasteiger partial charge in [0.1, 0.15) is 17.4 Å². The van der Waals surface area contributed by atoms with Crippen molar-refractivity contribution in [2.45, 2.75) is 38.4 Å². The van der Waals surface area contributed by atoms with Crippen molar-refractivity contribution >= 4 is 40.4 Å². The van der Waals surface area contributed by atoms with Crippen LogP contribution in [0.2, 0.25) is 10.0 Å². The molecular weight excluding hydrogens is 598 g/mol. The van der Waals surface area contributed by atoms with Gasteiger partial charge in [0, 0.05) is 50.1 Å². The SMILES string of the molecule is CC(CCC(=O)NCc1cc(Cl)cc(-c2cc(-c3cc(C(F)(F)F)ccc3Cl)c(C#N)c(=O)[nH]2)c1O)c1cccs1. The molecule has 212 valence electrons. The van der Waals surface area contributed by atoms with Crippen molar-refractivity contribution in [3.63, 3.8) is 0 Å². The van der Waals surface area contributed by atoms with E-state index in [9.17, 15) is 33.1 Å². The molecule has 4 rings (SSSR count). The van der Waals surface area contributed by atoms with Crippen molar-refractivity contribution in [2.75, 3.05) is 0 Å². The molecule has 0 saturated heterocycles. The zero-order valence-electron chi connectivity index (χ0n) is 21.4. The Morgan fingerprint density at radius 1 is 1.15 bits per heavy atom. The van der Waals surface area contributed by atoms with Crippen LogP contribution in [0.5, 0.6) is 5.75 Å². The molecule has 1 amide bonds. The van der Waals surface area contributed by atoms with Gasteiger partial charge in [-0.3, -0.25) is 9.59 Å². The number of thiophene rings is 1. The van der Waals surface area contributed by atoms with Crippen molar-refractivity contribution in [3.8, 4) is 34.2 Å². The number of nitrogens with zero attached hydrogens (tertiary/aromatic N) is 1. The van der Waals surface area contributed by atoms with Crippen molar-refractivity contribution in [2.24, 2.45) is 0 Å². The Balaban J connectivity index is 1.65. The number of alkyl halides is 3. The highest BCUT2D eigenvalue weighted by molar-refractivity contribution is 7.10. The molecule has 1 unspecified atom stereocenters. The number of rotatable bonds is 8. The molecule has 0 saturated carbocycles. The Labute approximate surface area is 247 Å². The number of nitriles is 1. The number of nitrogens with one attached hydrogen (secondary N) is 2. The Hall–Kier alpha value is -3.78. The Morgan fingerprint density at radius 2 is 1.90 bits per heavy atom. The van der Waals surface area contributed by atoms with Crippen LogP contribution in [0.15, 0.2) is 58.7 Å². The summed E-state index contributed by atoms with van der Waals surface area (Å²) < 4.78 is 40.2. The monoisotopic (exact) mass is 619 g/mol. The number of carbonyl (C=O) groups excluding carboxylic acids is 1. The fourth-order valence-corrected chi connectivity index (χ4v) is 5.56. The van der Waals surface area contributed by atoms with Crippen LogP contribution in [-0.2, 0) is 17.5 Å². The molecule has 0 aliphatic carbocycles. The zero-order valence-corrected chi connectivity index (χ0v) is 23.7. The average Bonchev–Trinajstić information content (AvgIpc) is 3.46. The third-order valence-corrected chi connectivity index (χ3v) is 8.13. The van der Waals surface area contributed by atoms with E-state index in [1.54, 1.807) is 17.4 Å². The first kappa shape index (κ1) is 30.2. The van der Waals surface area contributed by atoms with Gasteiger partial charge in [-0.05, 0) is 60.2 Å². The smallest absolute Gasteiger partial charge is 0.416 e. The third kappa shape index (κ3) is 6.93. The van der Waals surface area contributed by atoms with Crippen molar-refractivity contribution in [1.82, 2.24) is 10.3 Å². The number of halogens is 5. The number of benzene rings is 2. The molecule has 3 N–H and O–H groups in total. The second-order valence-electron chi connectivity index (χ2n) is 9.30. The summed E-state index contributed by atoms with van der Waals surface area (Å²) in [6.45, 7) is 1.96. The highest BCUT2D eigenvalue weighted by atomic mass is 35.5.